The molecule has 1 aromatic rings. The number of aromatic nitrogens is 3. The Morgan fingerprint density at radius 1 is 1.10 bits per heavy atom. The quantitative estimate of drug-likeness (QED) is 0.701. The Bertz CT molecular complexity index is 459. The van der Waals surface area contributed by atoms with Gasteiger partial charge in [-0.25, -0.2) is 0 Å². The zero-order valence-corrected chi connectivity index (χ0v) is 11.9. The van der Waals surface area contributed by atoms with E-state index in [0.29, 0.717) is 17.8 Å². The third kappa shape index (κ3) is 3.69. The number of piperidine rings is 1. The second kappa shape index (κ2) is 6.88. The van der Waals surface area contributed by atoms with E-state index in [2.05, 4.69) is 35.8 Å². The van der Waals surface area contributed by atoms with Crippen LogP contribution in [0.15, 0.2) is 0 Å². The van der Waals surface area contributed by atoms with Gasteiger partial charge in [0.1, 0.15) is 0 Å². The predicted octanol–water partition coefficient (Wildman–Crippen LogP) is 0.0615. The molecule has 0 unspecified atom stereocenters. The Labute approximate surface area is 118 Å². The Morgan fingerprint density at radius 3 is 2.45 bits per heavy atom. The van der Waals surface area contributed by atoms with Gasteiger partial charge in [-0.05, 0) is 19.3 Å². The van der Waals surface area contributed by atoms with Crippen molar-refractivity contribution in [1.29, 1.82) is 0 Å². The molecule has 3 N–H and O–H groups in total. The molecule has 1 amide bonds. The highest BCUT2D eigenvalue weighted by molar-refractivity contribution is 5.79. The average Bonchev–Trinajstić information content (AvgIpc) is 2.53. The first kappa shape index (κ1) is 14.3. The number of hydrogen-bond donors (Lipinski definition) is 3. The van der Waals surface area contributed by atoms with E-state index in [-0.39, 0.29) is 12.5 Å². The summed E-state index contributed by atoms with van der Waals surface area (Å²) < 4.78 is 0. The maximum atomic E-state index is 11.3. The number of carbonyl (C=O) groups excluding carboxylic acids is 1. The van der Waals surface area contributed by atoms with Gasteiger partial charge in [0.05, 0.1) is 6.54 Å². The van der Waals surface area contributed by atoms with Crippen LogP contribution in [-0.2, 0) is 4.79 Å². The molecule has 0 atom stereocenters. The fourth-order valence-electron chi connectivity index (χ4n) is 2.04. The summed E-state index contributed by atoms with van der Waals surface area (Å²) in [5, 5.41) is 8.37. The fraction of sp³-hybridized carbons (Fsp3) is 0.667. The molecule has 2 rings (SSSR count). The Kier molecular flexibility index (Phi) is 4.91. The molecule has 20 heavy (non-hydrogen) atoms. The highest BCUT2D eigenvalue weighted by Crippen LogP contribution is 2.18. The number of carbonyl (C=O) groups is 1. The van der Waals surface area contributed by atoms with Crippen LogP contribution < -0.4 is 20.9 Å². The lowest BCUT2D eigenvalue weighted by Gasteiger charge is -2.26. The first-order valence-electron chi connectivity index (χ1n) is 6.86. The molecule has 110 valence electrons. The summed E-state index contributed by atoms with van der Waals surface area (Å²) in [6, 6.07) is 0. The van der Waals surface area contributed by atoms with Crippen LogP contribution in [0.3, 0.4) is 0 Å². The van der Waals surface area contributed by atoms with E-state index >= 15 is 0 Å². The van der Waals surface area contributed by atoms with Crippen molar-refractivity contribution in [2.45, 2.75) is 19.3 Å². The van der Waals surface area contributed by atoms with Crippen molar-refractivity contribution >= 4 is 23.8 Å². The zero-order valence-electron chi connectivity index (χ0n) is 11.9. The largest absolute Gasteiger partial charge is 0.358 e. The molecule has 1 aliphatic rings. The van der Waals surface area contributed by atoms with E-state index in [1.807, 2.05) is 0 Å². The van der Waals surface area contributed by atoms with Crippen molar-refractivity contribution < 1.29 is 4.79 Å². The third-order valence-electron chi connectivity index (χ3n) is 3.17. The molecule has 2 heterocycles. The summed E-state index contributed by atoms with van der Waals surface area (Å²) in [4.78, 5) is 26.4. The predicted molar refractivity (Wildman–Crippen MR) is 78.0 cm³/mol. The Morgan fingerprint density at radius 2 is 1.80 bits per heavy atom. The summed E-state index contributed by atoms with van der Waals surface area (Å²) in [6.45, 7) is 2.06. The van der Waals surface area contributed by atoms with Crippen molar-refractivity contribution in [2.75, 3.05) is 49.3 Å². The number of rotatable bonds is 5. The summed E-state index contributed by atoms with van der Waals surface area (Å²) in [7, 11) is 3.35. The molecular formula is C12H21N7O. The first-order chi connectivity index (χ1) is 9.72. The average molecular weight is 279 g/mol. The summed E-state index contributed by atoms with van der Waals surface area (Å²) in [6.07, 6.45) is 3.56. The molecule has 0 bridgehead atoms. The SMILES string of the molecule is CNC(=O)CNc1nc(NC)nc(N2CCCCC2)n1. The number of amides is 1. The Hall–Kier alpha value is -2.12. The van der Waals surface area contributed by atoms with Crippen LogP contribution in [0.1, 0.15) is 19.3 Å². The van der Waals surface area contributed by atoms with Gasteiger partial charge in [0.2, 0.25) is 23.8 Å². The van der Waals surface area contributed by atoms with Gasteiger partial charge in [-0.2, -0.15) is 15.0 Å². The topological polar surface area (TPSA) is 95.1 Å². The molecule has 1 saturated heterocycles. The Balaban J connectivity index is 2.12. The van der Waals surface area contributed by atoms with Crippen LogP contribution >= 0.6 is 0 Å². The van der Waals surface area contributed by atoms with Crippen molar-refractivity contribution in [2.24, 2.45) is 0 Å². The van der Waals surface area contributed by atoms with Crippen molar-refractivity contribution in [3.8, 4) is 0 Å². The molecule has 1 aromatic heterocycles. The first-order valence-corrected chi connectivity index (χ1v) is 6.86. The van der Waals surface area contributed by atoms with Crippen LogP contribution in [0, 0.1) is 0 Å². The van der Waals surface area contributed by atoms with E-state index in [1.165, 1.54) is 6.42 Å². The molecular weight excluding hydrogens is 258 g/mol. The molecule has 8 heteroatoms. The maximum absolute atomic E-state index is 11.3. The lowest BCUT2D eigenvalue weighted by molar-refractivity contribution is -0.118. The lowest BCUT2D eigenvalue weighted by Crippen LogP contribution is -2.32. The van der Waals surface area contributed by atoms with E-state index < -0.39 is 0 Å². The monoisotopic (exact) mass is 279 g/mol. The van der Waals surface area contributed by atoms with Crippen LogP contribution in [0.4, 0.5) is 17.8 Å². The van der Waals surface area contributed by atoms with Crippen LogP contribution in [0.2, 0.25) is 0 Å². The molecule has 0 spiro atoms. The molecule has 0 radical (unpaired) electrons. The second-order valence-corrected chi connectivity index (χ2v) is 4.61. The highest BCUT2D eigenvalue weighted by Gasteiger charge is 2.16. The van der Waals surface area contributed by atoms with Gasteiger partial charge in [-0.3, -0.25) is 4.79 Å². The fourth-order valence-corrected chi connectivity index (χ4v) is 2.04. The number of nitrogens with zero attached hydrogens (tertiary/aromatic N) is 4. The van der Waals surface area contributed by atoms with Crippen LogP contribution in [0.25, 0.3) is 0 Å². The van der Waals surface area contributed by atoms with Gasteiger partial charge >= 0.3 is 0 Å². The normalized spacial score (nSPS) is 14.8. The second-order valence-electron chi connectivity index (χ2n) is 4.61. The van der Waals surface area contributed by atoms with Gasteiger partial charge in [-0.1, -0.05) is 0 Å². The minimum Gasteiger partial charge on any atom is -0.358 e. The summed E-state index contributed by atoms with van der Waals surface area (Å²) >= 11 is 0. The number of likely N-dealkylation sites (N-methyl/N-ethyl adjacent to an activating group) is 1. The van der Waals surface area contributed by atoms with Crippen molar-refractivity contribution in [3.05, 3.63) is 0 Å². The molecule has 8 nitrogen and oxygen atoms in total. The summed E-state index contributed by atoms with van der Waals surface area (Å²) in [5.74, 6) is 1.45. The number of nitrogens with one attached hydrogen (secondary N) is 3. The number of hydrogen-bond acceptors (Lipinski definition) is 7. The lowest BCUT2D eigenvalue weighted by atomic mass is 10.1. The zero-order chi connectivity index (χ0) is 14.4. The van der Waals surface area contributed by atoms with Crippen molar-refractivity contribution in [1.82, 2.24) is 20.3 Å². The maximum Gasteiger partial charge on any atom is 0.239 e. The number of anilines is 3. The van der Waals surface area contributed by atoms with E-state index in [0.717, 1.165) is 25.9 Å². The van der Waals surface area contributed by atoms with Gasteiger partial charge in [0.25, 0.3) is 0 Å². The van der Waals surface area contributed by atoms with Crippen LogP contribution in [-0.4, -0.2) is 54.6 Å². The van der Waals surface area contributed by atoms with Gasteiger partial charge < -0.3 is 20.9 Å². The minimum atomic E-state index is -0.115. The minimum absolute atomic E-state index is 0.115. The van der Waals surface area contributed by atoms with Crippen molar-refractivity contribution in [3.63, 3.8) is 0 Å². The smallest absolute Gasteiger partial charge is 0.239 e. The molecule has 0 aliphatic carbocycles. The summed E-state index contributed by atoms with van der Waals surface area (Å²) in [5.41, 5.74) is 0. The third-order valence-corrected chi connectivity index (χ3v) is 3.17. The van der Waals surface area contributed by atoms with Crippen LogP contribution in [0.5, 0.6) is 0 Å². The molecule has 1 fully saturated rings. The standard InChI is InChI=1S/C12H21N7O/c1-13-9(20)8-15-11-16-10(14-2)17-12(18-11)19-6-4-3-5-7-19/h3-8H2,1-2H3,(H,13,20)(H2,14,15,16,17,18). The molecule has 1 aliphatic heterocycles. The van der Waals surface area contributed by atoms with Gasteiger partial charge in [0, 0.05) is 27.2 Å². The molecule has 0 saturated carbocycles. The van der Waals surface area contributed by atoms with Gasteiger partial charge in [0.15, 0.2) is 0 Å². The highest BCUT2D eigenvalue weighted by atomic mass is 16.1. The van der Waals surface area contributed by atoms with E-state index in [4.69, 9.17) is 0 Å². The molecule has 0 aromatic carbocycles. The van der Waals surface area contributed by atoms with E-state index in [9.17, 15) is 4.79 Å². The van der Waals surface area contributed by atoms with Gasteiger partial charge in [-0.15, -0.1) is 0 Å². The van der Waals surface area contributed by atoms with E-state index in [1.54, 1.807) is 14.1 Å².